The van der Waals surface area contributed by atoms with Crippen LogP contribution in [0, 0.1) is 24.0 Å². The van der Waals surface area contributed by atoms with E-state index >= 15 is 0 Å². The van der Waals surface area contributed by atoms with Gasteiger partial charge in [0.05, 0.1) is 30.8 Å². The SMILES string of the molecule is Cc1nc(C)c2c(OC(=O)NC(Cc3ccccc3)C(=O)OCCCCO[N+](=O)[O-])cc(=O)n(Cc3ccc(-c4ccccc4-c4nn[nH]n4)cc3)c2n1. The van der Waals surface area contributed by atoms with Crippen LogP contribution in [0.25, 0.3) is 33.5 Å². The molecule has 1 amide bonds. The molecule has 54 heavy (non-hydrogen) atoms. The number of H-pyrrole nitrogens is 1. The van der Waals surface area contributed by atoms with Gasteiger partial charge in [0, 0.05) is 18.1 Å². The van der Waals surface area contributed by atoms with E-state index < -0.39 is 28.8 Å². The quantitative estimate of drug-likeness (QED) is 0.0642. The molecular formula is C37H35N9O8. The Morgan fingerprint density at radius 3 is 2.37 bits per heavy atom. The average Bonchev–Trinajstić information content (AvgIpc) is 3.70. The molecule has 0 aliphatic rings. The number of rotatable bonds is 15. The number of tetrazole rings is 1. The van der Waals surface area contributed by atoms with Crippen molar-refractivity contribution < 1.29 is 29.0 Å². The largest absolute Gasteiger partial charge is 0.464 e. The third kappa shape index (κ3) is 9.05. The van der Waals surface area contributed by atoms with Gasteiger partial charge in [-0.15, -0.1) is 20.3 Å². The molecule has 17 nitrogen and oxygen atoms in total. The zero-order valence-corrected chi connectivity index (χ0v) is 29.3. The van der Waals surface area contributed by atoms with E-state index in [2.05, 4.69) is 40.7 Å². The Morgan fingerprint density at radius 1 is 0.926 bits per heavy atom. The maximum atomic E-state index is 13.7. The van der Waals surface area contributed by atoms with Crippen molar-refractivity contribution in [2.24, 2.45) is 0 Å². The Morgan fingerprint density at radius 2 is 1.65 bits per heavy atom. The Bertz CT molecular complexity index is 2320. The smallest absolute Gasteiger partial charge is 0.413 e. The number of aryl methyl sites for hydroxylation is 2. The fraction of sp³-hybridized carbons (Fsp3) is 0.243. The van der Waals surface area contributed by atoms with Gasteiger partial charge in [-0.3, -0.25) is 9.36 Å². The number of nitrogens with zero attached hydrogens (tertiary/aromatic N) is 7. The molecule has 0 bridgehead atoms. The topological polar surface area (TPSA) is 219 Å². The number of ether oxygens (including phenoxy) is 2. The van der Waals surface area contributed by atoms with E-state index in [1.807, 2.05) is 54.6 Å². The summed E-state index contributed by atoms with van der Waals surface area (Å²) in [6, 6.07) is 24.4. The summed E-state index contributed by atoms with van der Waals surface area (Å²) in [6.07, 6.45) is -0.315. The lowest BCUT2D eigenvalue weighted by Gasteiger charge is -2.19. The molecule has 3 heterocycles. The van der Waals surface area contributed by atoms with E-state index in [9.17, 15) is 24.5 Å². The van der Waals surface area contributed by atoms with Crippen molar-refractivity contribution in [1.82, 2.24) is 40.5 Å². The minimum atomic E-state index is -1.15. The van der Waals surface area contributed by atoms with Crippen molar-refractivity contribution >= 4 is 23.1 Å². The zero-order valence-electron chi connectivity index (χ0n) is 29.3. The minimum absolute atomic E-state index is 0.0447. The molecule has 6 aromatic rings. The van der Waals surface area contributed by atoms with Gasteiger partial charge >= 0.3 is 12.1 Å². The van der Waals surface area contributed by atoms with E-state index in [0.29, 0.717) is 29.1 Å². The summed E-state index contributed by atoms with van der Waals surface area (Å²) < 4.78 is 12.5. The number of unbranched alkanes of at least 4 members (excludes halogenated alkanes) is 1. The number of nitrogens with one attached hydrogen (secondary N) is 2. The van der Waals surface area contributed by atoms with Crippen LogP contribution in [0.5, 0.6) is 5.75 Å². The molecule has 3 aromatic heterocycles. The average molecular weight is 734 g/mol. The standard InChI is InChI=1S/C37H35N9O8/c1-23-33-31(54-37(49)40-30(20-25-10-4-3-5-11-25)36(48)52-18-8-9-19-53-46(50)51)21-32(47)45(35(33)39-24(2)38-23)22-26-14-16-27(17-15-26)28-12-6-7-13-29(28)34-41-43-44-42-34/h3-7,10-17,21,30H,8-9,18-20,22H2,1-2H3,(H,40,49)(H,41,42,43,44). The third-order valence-electron chi connectivity index (χ3n) is 8.37. The molecular weight excluding hydrogens is 698 g/mol. The lowest BCUT2D eigenvalue weighted by molar-refractivity contribution is -0.757. The number of aromatic nitrogens is 7. The third-order valence-corrected chi connectivity index (χ3v) is 8.37. The van der Waals surface area contributed by atoms with Gasteiger partial charge in [0.2, 0.25) is 5.82 Å². The van der Waals surface area contributed by atoms with Gasteiger partial charge in [-0.2, -0.15) is 5.21 Å². The molecule has 0 fully saturated rings. The number of fused-ring (bicyclic) bond motifs is 1. The van der Waals surface area contributed by atoms with Crippen LogP contribution in [0.2, 0.25) is 0 Å². The first-order valence-electron chi connectivity index (χ1n) is 16.9. The molecule has 276 valence electrons. The predicted octanol–water partition coefficient (Wildman–Crippen LogP) is 4.54. The molecule has 0 aliphatic carbocycles. The van der Waals surface area contributed by atoms with Gasteiger partial charge < -0.3 is 19.6 Å². The second kappa shape index (κ2) is 17.0. The summed E-state index contributed by atoms with van der Waals surface area (Å²) in [5.74, 6) is 0.0767. The number of esters is 1. The van der Waals surface area contributed by atoms with Crippen LogP contribution < -0.4 is 15.6 Å². The Labute approximate surface area is 307 Å². The normalized spacial score (nSPS) is 11.5. The number of pyridine rings is 1. The van der Waals surface area contributed by atoms with Crippen LogP contribution in [0.1, 0.15) is 35.5 Å². The highest BCUT2D eigenvalue weighted by molar-refractivity contribution is 5.89. The fourth-order valence-corrected chi connectivity index (χ4v) is 5.89. The molecule has 0 aliphatic heterocycles. The van der Waals surface area contributed by atoms with Gasteiger partial charge in [-0.25, -0.2) is 19.6 Å². The monoisotopic (exact) mass is 733 g/mol. The summed E-state index contributed by atoms with van der Waals surface area (Å²) in [5.41, 5.74) is 4.46. The lowest BCUT2D eigenvalue weighted by Crippen LogP contribution is -2.44. The Kier molecular flexibility index (Phi) is 11.6. The van der Waals surface area contributed by atoms with Crippen molar-refractivity contribution in [3.63, 3.8) is 0 Å². The lowest BCUT2D eigenvalue weighted by atomic mass is 9.98. The number of carbonyl (C=O) groups excluding carboxylic acids is 2. The summed E-state index contributed by atoms with van der Waals surface area (Å²) in [6.45, 7) is 3.40. The molecule has 0 saturated carbocycles. The maximum Gasteiger partial charge on any atom is 0.413 e. The van der Waals surface area contributed by atoms with Gasteiger partial charge in [0.25, 0.3) is 10.6 Å². The highest BCUT2D eigenvalue weighted by Crippen LogP contribution is 2.30. The van der Waals surface area contributed by atoms with Gasteiger partial charge in [0.1, 0.15) is 11.9 Å². The van der Waals surface area contributed by atoms with Crippen molar-refractivity contribution in [3.05, 3.63) is 128 Å². The van der Waals surface area contributed by atoms with Crippen LogP contribution in [0.15, 0.2) is 89.7 Å². The first-order chi connectivity index (χ1) is 26.2. The summed E-state index contributed by atoms with van der Waals surface area (Å²) >= 11 is 0. The Balaban J connectivity index is 1.21. The van der Waals surface area contributed by atoms with Crippen molar-refractivity contribution in [2.45, 2.75) is 45.7 Å². The number of hydrogen-bond acceptors (Lipinski definition) is 13. The summed E-state index contributed by atoms with van der Waals surface area (Å²) in [7, 11) is 0. The molecule has 3 aromatic carbocycles. The first-order valence-corrected chi connectivity index (χ1v) is 16.9. The Hall–Kier alpha value is -7.04. The molecule has 2 N–H and O–H groups in total. The minimum Gasteiger partial charge on any atom is -0.464 e. The summed E-state index contributed by atoms with van der Waals surface area (Å²) in [4.78, 5) is 63.8. The highest BCUT2D eigenvalue weighted by Gasteiger charge is 2.25. The van der Waals surface area contributed by atoms with Crippen LogP contribution in [0.4, 0.5) is 4.79 Å². The van der Waals surface area contributed by atoms with Crippen molar-refractivity contribution in [3.8, 4) is 28.3 Å². The maximum absolute atomic E-state index is 13.7. The van der Waals surface area contributed by atoms with E-state index in [1.54, 1.807) is 38.1 Å². The van der Waals surface area contributed by atoms with Gasteiger partial charge in [0.15, 0.2) is 11.4 Å². The van der Waals surface area contributed by atoms with Crippen molar-refractivity contribution in [1.29, 1.82) is 0 Å². The number of hydrogen-bond donors (Lipinski definition) is 2. The van der Waals surface area contributed by atoms with Crippen LogP contribution in [-0.4, -0.2) is 71.6 Å². The van der Waals surface area contributed by atoms with Crippen LogP contribution in [0.3, 0.4) is 0 Å². The van der Waals surface area contributed by atoms with E-state index in [4.69, 9.17) is 9.47 Å². The number of benzene rings is 3. The molecule has 17 heteroatoms. The van der Waals surface area contributed by atoms with Gasteiger partial charge in [-0.1, -0.05) is 78.9 Å². The predicted molar refractivity (Wildman–Crippen MR) is 194 cm³/mol. The first kappa shape index (κ1) is 36.7. The second-order valence-corrected chi connectivity index (χ2v) is 12.2. The summed E-state index contributed by atoms with van der Waals surface area (Å²) in [5, 5.41) is 26.8. The van der Waals surface area contributed by atoms with Crippen LogP contribution >= 0.6 is 0 Å². The number of amides is 1. The fourth-order valence-electron chi connectivity index (χ4n) is 5.89. The van der Waals surface area contributed by atoms with E-state index in [0.717, 1.165) is 27.8 Å². The molecule has 1 unspecified atom stereocenters. The number of carbonyl (C=O) groups is 2. The zero-order chi connectivity index (χ0) is 38.0. The van der Waals surface area contributed by atoms with Crippen molar-refractivity contribution in [2.75, 3.05) is 13.2 Å². The number of aromatic amines is 1. The molecule has 0 radical (unpaired) electrons. The highest BCUT2D eigenvalue weighted by atomic mass is 16.9. The molecule has 6 rings (SSSR count). The second-order valence-electron chi connectivity index (χ2n) is 12.2. The van der Waals surface area contributed by atoms with Gasteiger partial charge in [-0.05, 0) is 54.2 Å². The molecule has 0 saturated heterocycles. The van der Waals surface area contributed by atoms with E-state index in [1.165, 1.54) is 10.6 Å². The van der Waals surface area contributed by atoms with E-state index in [-0.39, 0.29) is 44.0 Å². The molecule has 1 atom stereocenters. The molecule has 0 spiro atoms. The van der Waals surface area contributed by atoms with Crippen LogP contribution in [-0.2, 0) is 27.3 Å².